The van der Waals surface area contributed by atoms with Crippen LogP contribution in [0.4, 0.5) is 10.5 Å². The third-order valence-corrected chi connectivity index (χ3v) is 6.62. The van der Waals surface area contributed by atoms with Gasteiger partial charge in [-0.25, -0.2) is 4.79 Å². The molecule has 0 spiro atoms. The monoisotopic (exact) mass is 449 g/mol. The number of benzene rings is 2. The Kier molecular flexibility index (Phi) is 7.87. The van der Waals surface area contributed by atoms with Gasteiger partial charge in [-0.2, -0.15) is 0 Å². The van der Waals surface area contributed by atoms with Crippen molar-refractivity contribution in [3.8, 4) is 5.75 Å². The first-order valence-corrected chi connectivity index (χ1v) is 12.3. The van der Waals surface area contributed by atoms with Crippen LogP contribution in [0.25, 0.3) is 0 Å². The molecule has 0 aromatic heterocycles. The Balaban J connectivity index is 1.39. The van der Waals surface area contributed by atoms with Crippen LogP contribution in [0.15, 0.2) is 48.5 Å². The average molecular weight is 450 g/mol. The average Bonchev–Trinajstić information content (AvgIpc) is 3.15. The van der Waals surface area contributed by atoms with E-state index in [9.17, 15) is 9.59 Å². The Hall–Kier alpha value is -3.02. The lowest BCUT2D eigenvalue weighted by atomic mass is 9.89. The summed E-state index contributed by atoms with van der Waals surface area (Å²) in [5.74, 6) is 1.17. The van der Waals surface area contributed by atoms with Crippen molar-refractivity contribution in [1.29, 1.82) is 0 Å². The third-order valence-electron chi connectivity index (χ3n) is 6.62. The molecule has 2 heterocycles. The summed E-state index contributed by atoms with van der Waals surface area (Å²) in [6, 6.07) is 15.4. The topological polar surface area (TPSA) is 61.9 Å². The molecule has 1 atom stereocenters. The molecule has 2 aliphatic rings. The van der Waals surface area contributed by atoms with Gasteiger partial charge in [-0.3, -0.25) is 4.79 Å². The van der Waals surface area contributed by atoms with Gasteiger partial charge in [0.2, 0.25) is 0 Å². The Morgan fingerprint density at radius 3 is 2.39 bits per heavy atom. The first kappa shape index (κ1) is 23.1. The van der Waals surface area contributed by atoms with E-state index in [1.54, 1.807) is 0 Å². The molecule has 33 heavy (non-hydrogen) atoms. The highest BCUT2D eigenvalue weighted by atomic mass is 16.5. The van der Waals surface area contributed by atoms with E-state index in [2.05, 4.69) is 11.4 Å². The molecule has 1 unspecified atom stereocenters. The second-order valence-corrected chi connectivity index (χ2v) is 9.00. The highest BCUT2D eigenvalue weighted by molar-refractivity contribution is 5.94. The fourth-order valence-electron chi connectivity index (χ4n) is 4.82. The lowest BCUT2D eigenvalue weighted by Crippen LogP contribution is -2.41. The van der Waals surface area contributed by atoms with E-state index in [4.69, 9.17) is 4.74 Å². The minimum Gasteiger partial charge on any atom is -0.494 e. The summed E-state index contributed by atoms with van der Waals surface area (Å²) >= 11 is 0. The lowest BCUT2D eigenvalue weighted by Gasteiger charge is -2.33. The Bertz CT molecular complexity index is 936. The molecule has 3 amide bonds. The summed E-state index contributed by atoms with van der Waals surface area (Å²) in [5, 5.41) is 3.00. The fraction of sp³-hybridized carbons (Fsp3) is 0.481. The Morgan fingerprint density at radius 1 is 0.939 bits per heavy atom. The molecule has 0 saturated carbocycles. The molecule has 6 nitrogen and oxygen atoms in total. The van der Waals surface area contributed by atoms with Crippen molar-refractivity contribution in [2.75, 3.05) is 38.1 Å². The zero-order chi connectivity index (χ0) is 23.0. The normalized spacial score (nSPS) is 19.0. The van der Waals surface area contributed by atoms with E-state index >= 15 is 0 Å². The zero-order valence-electron chi connectivity index (χ0n) is 19.6. The van der Waals surface area contributed by atoms with E-state index in [0.717, 1.165) is 67.9 Å². The van der Waals surface area contributed by atoms with Gasteiger partial charge >= 0.3 is 6.03 Å². The van der Waals surface area contributed by atoms with Crippen LogP contribution >= 0.6 is 0 Å². The summed E-state index contributed by atoms with van der Waals surface area (Å²) in [7, 11) is 0. The molecule has 0 bridgehead atoms. The van der Waals surface area contributed by atoms with Crippen molar-refractivity contribution in [2.45, 2.75) is 51.4 Å². The predicted molar refractivity (Wildman–Crippen MR) is 131 cm³/mol. The Morgan fingerprint density at radius 2 is 1.67 bits per heavy atom. The SMILES string of the molecule is CCOc1ccc(NC(=O)N2CCCC(c3cccc(C(=O)N4CCCCCC4)c3)C2)cc1. The van der Waals surface area contributed by atoms with Crippen LogP contribution in [0.1, 0.15) is 67.3 Å². The number of likely N-dealkylation sites (tertiary alicyclic amines) is 2. The van der Waals surface area contributed by atoms with E-state index < -0.39 is 0 Å². The van der Waals surface area contributed by atoms with Gasteiger partial charge in [-0.05, 0) is 74.6 Å². The number of hydrogen-bond donors (Lipinski definition) is 1. The van der Waals surface area contributed by atoms with E-state index in [1.165, 1.54) is 12.8 Å². The van der Waals surface area contributed by atoms with Crippen LogP contribution in [0.2, 0.25) is 0 Å². The zero-order valence-corrected chi connectivity index (χ0v) is 19.6. The summed E-state index contributed by atoms with van der Waals surface area (Å²) in [6.07, 6.45) is 6.57. The van der Waals surface area contributed by atoms with Crippen LogP contribution in [-0.4, -0.2) is 54.5 Å². The van der Waals surface area contributed by atoms with Gasteiger partial charge < -0.3 is 19.9 Å². The van der Waals surface area contributed by atoms with Crippen molar-refractivity contribution in [3.63, 3.8) is 0 Å². The number of anilines is 1. The molecule has 0 aliphatic carbocycles. The highest BCUT2D eigenvalue weighted by Gasteiger charge is 2.26. The second kappa shape index (κ2) is 11.2. The summed E-state index contributed by atoms with van der Waals surface area (Å²) in [4.78, 5) is 29.8. The van der Waals surface area contributed by atoms with Crippen molar-refractivity contribution >= 4 is 17.6 Å². The molecule has 4 rings (SSSR count). The van der Waals surface area contributed by atoms with Crippen molar-refractivity contribution in [2.24, 2.45) is 0 Å². The van der Waals surface area contributed by atoms with Crippen LogP contribution in [0, 0.1) is 0 Å². The minimum atomic E-state index is -0.0827. The van der Waals surface area contributed by atoms with Crippen LogP contribution in [-0.2, 0) is 0 Å². The number of carbonyl (C=O) groups excluding carboxylic acids is 2. The van der Waals surface area contributed by atoms with Gasteiger partial charge in [0.1, 0.15) is 5.75 Å². The lowest BCUT2D eigenvalue weighted by molar-refractivity contribution is 0.0761. The number of nitrogens with zero attached hydrogens (tertiary/aromatic N) is 2. The molecule has 6 heteroatoms. The fourth-order valence-corrected chi connectivity index (χ4v) is 4.82. The van der Waals surface area contributed by atoms with Gasteiger partial charge in [0.15, 0.2) is 0 Å². The van der Waals surface area contributed by atoms with Crippen molar-refractivity contribution < 1.29 is 14.3 Å². The molecule has 2 fully saturated rings. The van der Waals surface area contributed by atoms with Crippen LogP contribution in [0.3, 0.4) is 0 Å². The molecule has 2 aromatic rings. The first-order valence-electron chi connectivity index (χ1n) is 12.3. The summed E-state index contributed by atoms with van der Waals surface area (Å²) in [6.45, 7) is 5.67. The maximum atomic E-state index is 13.1. The number of nitrogens with one attached hydrogen (secondary N) is 1. The van der Waals surface area contributed by atoms with Gasteiger partial charge in [0, 0.05) is 43.3 Å². The first-order chi connectivity index (χ1) is 16.1. The molecule has 176 valence electrons. The van der Waals surface area contributed by atoms with E-state index in [1.807, 2.05) is 59.2 Å². The second-order valence-electron chi connectivity index (χ2n) is 9.00. The van der Waals surface area contributed by atoms with Gasteiger partial charge in [-0.1, -0.05) is 25.0 Å². The number of rotatable bonds is 5. The molecule has 2 aromatic carbocycles. The highest BCUT2D eigenvalue weighted by Crippen LogP contribution is 2.28. The minimum absolute atomic E-state index is 0.0827. The molecule has 0 radical (unpaired) electrons. The summed E-state index contributed by atoms with van der Waals surface area (Å²) in [5.41, 5.74) is 2.68. The van der Waals surface area contributed by atoms with Crippen LogP contribution in [0.5, 0.6) is 5.75 Å². The molecule has 2 saturated heterocycles. The van der Waals surface area contributed by atoms with Crippen molar-refractivity contribution in [3.05, 3.63) is 59.7 Å². The molecule has 1 N–H and O–H groups in total. The standard InChI is InChI=1S/C27H35N3O3/c1-2-33-25-14-12-24(13-15-25)28-27(32)30-18-8-11-23(20-30)21-9-7-10-22(19-21)26(31)29-16-5-3-4-6-17-29/h7,9-10,12-15,19,23H,2-6,8,11,16-18,20H2,1H3,(H,28,32). The van der Waals surface area contributed by atoms with E-state index in [0.29, 0.717) is 13.2 Å². The van der Waals surface area contributed by atoms with Gasteiger partial charge in [0.05, 0.1) is 6.61 Å². The Labute approximate surface area is 196 Å². The smallest absolute Gasteiger partial charge is 0.321 e. The maximum Gasteiger partial charge on any atom is 0.321 e. The number of amides is 3. The van der Waals surface area contributed by atoms with Crippen LogP contribution < -0.4 is 10.1 Å². The number of piperidine rings is 1. The largest absolute Gasteiger partial charge is 0.494 e. The predicted octanol–water partition coefficient (Wildman–Crippen LogP) is 5.51. The van der Waals surface area contributed by atoms with Gasteiger partial charge in [0.25, 0.3) is 5.91 Å². The maximum absolute atomic E-state index is 13.1. The quantitative estimate of drug-likeness (QED) is 0.654. The molecular formula is C27H35N3O3. The number of ether oxygens (including phenoxy) is 1. The van der Waals surface area contributed by atoms with E-state index in [-0.39, 0.29) is 17.9 Å². The van der Waals surface area contributed by atoms with Crippen molar-refractivity contribution in [1.82, 2.24) is 9.80 Å². The number of carbonyl (C=O) groups is 2. The number of hydrogen-bond acceptors (Lipinski definition) is 3. The van der Waals surface area contributed by atoms with Gasteiger partial charge in [-0.15, -0.1) is 0 Å². The third kappa shape index (κ3) is 6.06. The molecular weight excluding hydrogens is 414 g/mol. The summed E-state index contributed by atoms with van der Waals surface area (Å²) < 4.78 is 5.47. The molecule has 2 aliphatic heterocycles. The number of urea groups is 1.